The van der Waals surface area contributed by atoms with Crippen molar-refractivity contribution in [3.63, 3.8) is 0 Å². The zero-order valence-electron chi connectivity index (χ0n) is 8.94. The third-order valence-corrected chi connectivity index (χ3v) is 2.57. The number of anilines is 1. The first kappa shape index (κ1) is 12.4. The van der Waals surface area contributed by atoms with Gasteiger partial charge >= 0.3 is 0 Å². The minimum Gasteiger partial charge on any atom is -0.394 e. The van der Waals surface area contributed by atoms with Gasteiger partial charge in [0.1, 0.15) is 12.1 Å². The van der Waals surface area contributed by atoms with E-state index in [4.69, 9.17) is 0 Å². The van der Waals surface area contributed by atoms with Crippen molar-refractivity contribution in [2.24, 2.45) is 5.92 Å². The molecule has 5 heteroatoms. The Morgan fingerprint density at radius 1 is 1.53 bits per heavy atom. The van der Waals surface area contributed by atoms with Crippen LogP contribution < -0.4 is 5.32 Å². The van der Waals surface area contributed by atoms with Gasteiger partial charge in [-0.2, -0.15) is 0 Å². The summed E-state index contributed by atoms with van der Waals surface area (Å²) in [6.07, 6.45) is 4.07. The molecule has 0 saturated carbocycles. The lowest BCUT2D eigenvalue weighted by molar-refractivity contribution is 0.259. The molecule has 0 aliphatic rings. The average molecular weight is 274 g/mol. The van der Waals surface area contributed by atoms with E-state index in [-0.39, 0.29) is 12.6 Å². The summed E-state index contributed by atoms with van der Waals surface area (Å²) in [6.45, 7) is 4.35. The van der Waals surface area contributed by atoms with E-state index in [9.17, 15) is 5.11 Å². The number of aliphatic hydroxyl groups is 1. The minimum absolute atomic E-state index is 0.0381. The van der Waals surface area contributed by atoms with Gasteiger partial charge in [0.05, 0.1) is 17.1 Å². The summed E-state index contributed by atoms with van der Waals surface area (Å²) in [7, 11) is 0. The highest BCUT2D eigenvalue weighted by molar-refractivity contribution is 9.10. The third kappa shape index (κ3) is 4.13. The van der Waals surface area contributed by atoms with Gasteiger partial charge in [0.25, 0.3) is 0 Å². The molecule has 0 radical (unpaired) electrons. The number of nitrogens with zero attached hydrogens (tertiary/aromatic N) is 2. The predicted molar refractivity (Wildman–Crippen MR) is 63.7 cm³/mol. The number of halogens is 1. The molecule has 1 unspecified atom stereocenters. The topological polar surface area (TPSA) is 58.0 Å². The van der Waals surface area contributed by atoms with Gasteiger partial charge < -0.3 is 10.4 Å². The van der Waals surface area contributed by atoms with Crippen molar-refractivity contribution in [3.05, 3.63) is 17.0 Å². The van der Waals surface area contributed by atoms with Gasteiger partial charge in [-0.05, 0) is 28.3 Å². The molecule has 84 valence electrons. The van der Waals surface area contributed by atoms with Gasteiger partial charge in [-0.15, -0.1) is 0 Å². The molecule has 0 aliphatic carbocycles. The monoisotopic (exact) mass is 273 g/mol. The molecule has 1 aromatic rings. The average Bonchev–Trinajstić information content (AvgIpc) is 2.19. The molecule has 1 aromatic heterocycles. The Kier molecular flexibility index (Phi) is 4.98. The predicted octanol–water partition coefficient (Wildman–Crippen LogP) is 2.06. The summed E-state index contributed by atoms with van der Waals surface area (Å²) >= 11 is 3.35. The summed E-state index contributed by atoms with van der Waals surface area (Å²) in [4.78, 5) is 7.97. The van der Waals surface area contributed by atoms with E-state index in [1.807, 2.05) is 0 Å². The number of aromatic nitrogens is 2. The molecule has 15 heavy (non-hydrogen) atoms. The van der Waals surface area contributed by atoms with Crippen LogP contribution in [0.4, 0.5) is 5.82 Å². The first-order valence-corrected chi connectivity index (χ1v) is 5.75. The maximum atomic E-state index is 9.21. The fourth-order valence-electron chi connectivity index (χ4n) is 1.36. The van der Waals surface area contributed by atoms with Gasteiger partial charge in [0.2, 0.25) is 0 Å². The Balaban J connectivity index is 2.62. The van der Waals surface area contributed by atoms with Crippen LogP contribution in [0.3, 0.4) is 0 Å². The van der Waals surface area contributed by atoms with Crippen LogP contribution in [0.2, 0.25) is 0 Å². The van der Waals surface area contributed by atoms with E-state index in [0.29, 0.717) is 5.92 Å². The van der Waals surface area contributed by atoms with Gasteiger partial charge in [0, 0.05) is 6.20 Å². The largest absolute Gasteiger partial charge is 0.394 e. The second kappa shape index (κ2) is 6.02. The second-order valence-electron chi connectivity index (χ2n) is 3.87. The number of aliphatic hydroxyl groups excluding tert-OH is 1. The first-order chi connectivity index (χ1) is 7.13. The van der Waals surface area contributed by atoms with E-state index >= 15 is 0 Å². The van der Waals surface area contributed by atoms with Crippen LogP contribution in [0, 0.1) is 5.92 Å². The molecule has 0 fully saturated rings. The molecule has 0 bridgehead atoms. The first-order valence-electron chi connectivity index (χ1n) is 4.96. The lowest BCUT2D eigenvalue weighted by atomic mass is 10.0. The summed E-state index contributed by atoms with van der Waals surface area (Å²) in [6, 6.07) is 0.0381. The van der Waals surface area contributed by atoms with Crippen molar-refractivity contribution in [1.82, 2.24) is 9.97 Å². The highest BCUT2D eigenvalue weighted by atomic mass is 79.9. The van der Waals surface area contributed by atoms with E-state index < -0.39 is 0 Å². The fraction of sp³-hybridized carbons (Fsp3) is 0.600. The number of rotatable bonds is 5. The molecule has 0 saturated heterocycles. The molecular weight excluding hydrogens is 258 g/mol. The maximum Gasteiger partial charge on any atom is 0.144 e. The van der Waals surface area contributed by atoms with Gasteiger partial charge in [-0.1, -0.05) is 13.8 Å². The summed E-state index contributed by atoms with van der Waals surface area (Å²) in [5, 5.41) is 12.4. The molecule has 1 heterocycles. The second-order valence-corrected chi connectivity index (χ2v) is 4.73. The molecule has 4 nitrogen and oxygen atoms in total. The molecule has 0 aromatic carbocycles. The van der Waals surface area contributed by atoms with Crippen LogP contribution in [0.1, 0.15) is 20.3 Å². The van der Waals surface area contributed by atoms with Crippen molar-refractivity contribution < 1.29 is 5.11 Å². The molecule has 0 aliphatic heterocycles. The fourth-order valence-corrected chi connectivity index (χ4v) is 1.70. The number of hydrogen-bond acceptors (Lipinski definition) is 4. The zero-order chi connectivity index (χ0) is 11.3. The highest BCUT2D eigenvalue weighted by Crippen LogP contribution is 2.19. The van der Waals surface area contributed by atoms with E-state index in [1.165, 1.54) is 6.33 Å². The van der Waals surface area contributed by atoms with Crippen LogP contribution >= 0.6 is 15.9 Å². The maximum absolute atomic E-state index is 9.21. The van der Waals surface area contributed by atoms with Gasteiger partial charge in [0.15, 0.2) is 0 Å². The lowest BCUT2D eigenvalue weighted by Gasteiger charge is -2.19. The Morgan fingerprint density at radius 2 is 2.27 bits per heavy atom. The Morgan fingerprint density at radius 3 is 2.80 bits per heavy atom. The highest BCUT2D eigenvalue weighted by Gasteiger charge is 2.11. The van der Waals surface area contributed by atoms with E-state index in [1.54, 1.807) is 6.20 Å². The molecule has 1 rings (SSSR count). The van der Waals surface area contributed by atoms with Crippen LogP contribution in [0.5, 0.6) is 0 Å². The molecular formula is C10H16BrN3O. The van der Waals surface area contributed by atoms with Gasteiger partial charge in [-0.3, -0.25) is 0 Å². The zero-order valence-corrected chi connectivity index (χ0v) is 10.5. The molecule has 2 N–H and O–H groups in total. The van der Waals surface area contributed by atoms with Crippen molar-refractivity contribution in [1.29, 1.82) is 0 Å². The van der Waals surface area contributed by atoms with Gasteiger partial charge in [-0.25, -0.2) is 9.97 Å². The Bertz CT molecular complexity index is 306. The quantitative estimate of drug-likeness (QED) is 0.862. The standard InChI is InChI=1S/C10H16BrN3O/c1-7(2)3-8(5-15)14-10-9(11)4-12-6-13-10/h4,6-8,15H,3,5H2,1-2H3,(H,12,13,14). The van der Waals surface area contributed by atoms with Crippen LogP contribution in [0.15, 0.2) is 17.0 Å². The van der Waals surface area contributed by atoms with Crippen LogP contribution in [-0.4, -0.2) is 27.7 Å². The molecule has 0 spiro atoms. The Labute approximate surface area is 98.3 Å². The van der Waals surface area contributed by atoms with Crippen molar-refractivity contribution in [2.75, 3.05) is 11.9 Å². The van der Waals surface area contributed by atoms with Crippen LogP contribution in [0.25, 0.3) is 0 Å². The summed E-state index contributed by atoms with van der Waals surface area (Å²) in [5.74, 6) is 1.26. The third-order valence-electron chi connectivity index (χ3n) is 1.98. The summed E-state index contributed by atoms with van der Waals surface area (Å²) < 4.78 is 0.812. The summed E-state index contributed by atoms with van der Waals surface area (Å²) in [5.41, 5.74) is 0. The van der Waals surface area contributed by atoms with E-state index in [0.717, 1.165) is 16.7 Å². The minimum atomic E-state index is 0.0381. The molecule has 0 amide bonds. The SMILES string of the molecule is CC(C)CC(CO)Nc1ncncc1Br. The van der Waals surface area contributed by atoms with Crippen molar-refractivity contribution in [3.8, 4) is 0 Å². The smallest absolute Gasteiger partial charge is 0.144 e. The van der Waals surface area contributed by atoms with Crippen molar-refractivity contribution >= 4 is 21.7 Å². The lowest BCUT2D eigenvalue weighted by Crippen LogP contribution is -2.26. The van der Waals surface area contributed by atoms with E-state index in [2.05, 4.69) is 45.1 Å². The number of hydrogen-bond donors (Lipinski definition) is 2. The Hall–Kier alpha value is -0.680. The molecule has 1 atom stereocenters. The number of nitrogens with one attached hydrogen (secondary N) is 1. The van der Waals surface area contributed by atoms with Crippen molar-refractivity contribution in [2.45, 2.75) is 26.3 Å². The van der Waals surface area contributed by atoms with Crippen LogP contribution in [-0.2, 0) is 0 Å². The normalized spacial score (nSPS) is 12.9.